The molecule has 10 rings (SSSR count). The summed E-state index contributed by atoms with van der Waals surface area (Å²) < 4.78 is 65.4. The molecule has 5 heterocycles. The molecule has 0 aliphatic carbocycles. The second-order valence-electron chi connectivity index (χ2n) is 13.6. The molecule has 0 atom stereocenters. The second-order valence-corrected chi connectivity index (χ2v) is 15.2. The molecule has 3 aromatic heterocycles. The van der Waals surface area contributed by atoms with Crippen molar-refractivity contribution in [2.75, 3.05) is 0 Å². The number of halogens is 6. The molecule has 0 fully saturated rings. The van der Waals surface area contributed by atoms with Gasteiger partial charge in [-0.3, -0.25) is 0 Å². The first kappa shape index (κ1) is 38.8. The summed E-state index contributed by atoms with van der Waals surface area (Å²) in [6.45, 7) is 0. The fraction of sp³-hybridized carbons (Fsp3) is 0. The van der Waals surface area contributed by atoms with Gasteiger partial charge in [-0.25, -0.2) is 27.5 Å². The molecule has 280 valence electrons. The van der Waals surface area contributed by atoms with E-state index in [1.165, 1.54) is 0 Å². The number of nitrogens with zero attached hydrogens (tertiary/aromatic N) is 4. The van der Waals surface area contributed by atoms with Crippen molar-refractivity contribution >= 4 is 62.9 Å². The Morgan fingerprint density at radius 3 is 0.864 bits per heavy atom. The van der Waals surface area contributed by atoms with E-state index < -0.39 is 34.4 Å². The van der Waals surface area contributed by atoms with Crippen LogP contribution in [0, 0.1) is 23.3 Å². The van der Waals surface area contributed by atoms with Crippen LogP contribution in [0.15, 0.2) is 146 Å². The molecule has 0 saturated heterocycles. The van der Waals surface area contributed by atoms with Gasteiger partial charge in [-0.1, -0.05) is 146 Å². The number of fused-ring (bicyclic) bond motifs is 11. The van der Waals surface area contributed by atoms with Crippen LogP contribution in [0.4, 0.5) is 17.6 Å². The summed E-state index contributed by atoms with van der Waals surface area (Å²) in [4.78, 5) is 20.6. The molecule has 0 unspecified atom stereocenters. The molecule has 5 aromatic carbocycles. The van der Waals surface area contributed by atoms with E-state index in [4.69, 9.17) is 19.9 Å². The van der Waals surface area contributed by atoms with E-state index in [-0.39, 0.29) is 42.0 Å². The maximum atomic E-state index is 16.5. The van der Waals surface area contributed by atoms with Crippen LogP contribution in [0.25, 0.3) is 98.1 Å². The molecule has 0 amide bonds. The van der Waals surface area contributed by atoms with E-state index in [0.717, 1.165) is 11.1 Å². The van der Waals surface area contributed by atoms with Gasteiger partial charge in [-0.2, -0.15) is 0 Å². The van der Waals surface area contributed by atoms with Gasteiger partial charge in [0.05, 0.1) is 42.9 Å². The van der Waals surface area contributed by atoms with Gasteiger partial charge in [0, 0.05) is 0 Å². The van der Waals surface area contributed by atoms with E-state index in [1.807, 2.05) is 84.9 Å². The first-order chi connectivity index (χ1) is 28.3. The smallest absolute Gasteiger partial charge is 0.657 e. The van der Waals surface area contributed by atoms with Crippen molar-refractivity contribution in [3.05, 3.63) is 180 Å². The zero-order valence-corrected chi connectivity index (χ0v) is 36.8. The molecule has 0 radical (unpaired) electrons. The van der Waals surface area contributed by atoms with E-state index >= 15 is 17.6 Å². The third kappa shape index (κ3) is 6.34. The van der Waals surface area contributed by atoms with Gasteiger partial charge in [0.1, 0.15) is 0 Å². The van der Waals surface area contributed by atoms with Crippen LogP contribution in [0.3, 0.4) is 0 Å². The maximum absolute atomic E-state index is 16.5. The molecule has 8 bridgehead atoms. The average Bonchev–Trinajstić information content (AvgIpc) is 4.07. The minimum atomic E-state index is -1.94. The van der Waals surface area contributed by atoms with Gasteiger partial charge in [-0.15, -0.1) is 22.1 Å². The SMILES string of the molecule is Fc1c(F)c(F)c2c(c1F)-c1nc-2c(-c2ccccc2)c2ccc([n-]2)c(-c2ccccc2)c2nc(c(-c3ccccc3)c3ccc([n-]3)c1-c1ccccc1)C(Br)=C2Br.[Zn+2]. The van der Waals surface area contributed by atoms with Crippen LogP contribution in [0.2, 0.25) is 0 Å². The van der Waals surface area contributed by atoms with Gasteiger partial charge in [0.25, 0.3) is 0 Å². The molecular formula is C48H24Br2F4N4Zn. The third-order valence-corrected chi connectivity index (χ3v) is 12.4. The minimum absolute atomic E-state index is 0. The summed E-state index contributed by atoms with van der Waals surface area (Å²) in [5.74, 6) is -7.01. The van der Waals surface area contributed by atoms with Crippen LogP contribution in [-0.4, -0.2) is 9.97 Å². The molecule has 0 spiro atoms. The molecule has 59 heavy (non-hydrogen) atoms. The molecule has 2 aliphatic rings. The Hall–Kier alpha value is -5.74. The largest absolute Gasteiger partial charge is 2.00 e. The number of hydrogen-bond acceptors (Lipinski definition) is 2. The summed E-state index contributed by atoms with van der Waals surface area (Å²) in [5, 5.41) is 0. The van der Waals surface area contributed by atoms with Gasteiger partial charge < -0.3 is 9.97 Å². The van der Waals surface area contributed by atoms with Crippen molar-refractivity contribution < 1.29 is 37.0 Å². The Labute approximate surface area is 364 Å². The fourth-order valence-corrected chi connectivity index (χ4v) is 8.68. The van der Waals surface area contributed by atoms with Gasteiger partial charge in [0.2, 0.25) is 0 Å². The van der Waals surface area contributed by atoms with Crippen LogP contribution in [-0.2, 0) is 19.5 Å². The van der Waals surface area contributed by atoms with Gasteiger partial charge >= 0.3 is 19.5 Å². The second kappa shape index (κ2) is 15.5. The average molecular weight is 958 g/mol. The fourth-order valence-electron chi connectivity index (χ4n) is 7.74. The monoisotopic (exact) mass is 954 g/mol. The summed E-state index contributed by atoms with van der Waals surface area (Å²) >= 11 is 7.74. The summed E-state index contributed by atoms with van der Waals surface area (Å²) in [7, 11) is 0. The summed E-state index contributed by atoms with van der Waals surface area (Å²) in [6.07, 6.45) is 0. The molecule has 11 heteroatoms. The van der Waals surface area contributed by atoms with E-state index in [2.05, 4.69) is 31.9 Å². The van der Waals surface area contributed by atoms with Crippen molar-refractivity contribution in [1.29, 1.82) is 0 Å². The number of hydrogen-bond donors (Lipinski definition) is 0. The molecule has 0 N–H and O–H groups in total. The Kier molecular flexibility index (Phi) is 10.2. The summed E-state index contributed by atoms with van der Waals surface area (Å²) in [6, 6.07) is 44.4. The Morgan fingerprint density at radius 1 is 0.322 bits per heavy atom. The van der Waals surface area contributed by atoms with Crippen LogP contribution in [0.1, 0.15) is 11.4 Å². The standard InChI is InChI=1S/C48H24Br2F4N4.Zn/c49-39-40(50)48-36(28-19-11-4-12-20-28)32-24-22-30(56-32)34(26-15-7-2-8-16-26)46-38-37(41(51)43(53)44(54)42(38)52)45(57-46)33(25-13-5-1-6-14-25)29-21-23-31(55-29)35(47(39)58-48)27-17-9-3-10-18-27;/h1-24H;/q-2;+2. The van der Waals surface area contributed by atoms with Crippen molar-refractivity contribution in [2.45, 2.75) is 0 Å². The van der Waals surface area contributed by atoms with E-state index in [0.29, 0.717) is 64.7 Å². The molecule has 8 aromatic rings. The first-order valence-electron chi connectivity index (χ1n) is 18.1. The zero-order valence-electron chi connectivity index (χ0n) is 30.6. The third-order valence-electron chi connectivity index (χ3n) is 10.3. The topological polar surface area (TPSA) is 54.0 Å². The quantitative estimate of drug-likeness (QED) is 0.0763. The molecule has 2 aliphatic heterocycles. The molecule has 0 saturated carbocycles. The van der Waals surface area contributed by atoms with Crippen molar-refractivity contribution in [3.63, 3.8) is 0 Å². The number of benzene rings is 5. The number of aromatic nitrogens is 4. The van der Waals surface area contributed by atoms with E-state index in [1.54, 1.807) is 60.7 Å². The summed E-state index contributed by atoms with van der Waals surface area (Å²) in [5.41, 5.74) is 6.28. The Bertz CT molecular complexity index is 2960. The van der Waals surface area contributed by atoms with Crippen LogP contribution >= 0.6 is 31.9 Å². The van der Waals surface area contributed by atoms with Gasteiger partial charge in [-0.05, 0) is 76.4 Å². The predicted molar refractivity (Wildman–Crippen MR) is 230 cm³/mol. The van der Waals surface area contributed by atoms with Crippen LogP contribution in [0.5, 0.6) is 0 Å². The Balaban J connectivity index is 0.00000449. The van der Waals surface area contributed by atoms with Crippen LogP contribution < -0.4 is 9.97 Å². The van der Waals surface area contributed by atoms with Crippen molar-refractivity contribution in [3.8, 4) is 67.0 Å². The van der Waals surface area contributed by atoms with Crippen molar-refractivity contribution in [2.24, 2.45) is 0 Å². The van der Waals surface area contributed by atoms with Gasteiger partial charge in [0.15, 0.2) is 23.3 Å². The van der Waals surface area contributed by atoms with E-state index in [9.17, 15) is 0 Å². The molecule has 4 nitrogen and oxygen atoms in total. The zero-order chi connectivity index (χ0) is 39.7. The normalized spacial score (nSPS) is 12.0. The number of rotatable bonds is 4. The maximum Gasteiger partial charge on any atom is 2.00 e. The first-order valence-corrected chi connectivity index (χ1v) is 19.7. The molecular weight excluding hydrogens is 934 g/mol. The predicted octanol–water partition coefficient (Wildman–Crippen LogP) is 13.7. The minimum Gasteiger partial charge on any atom is -0.657 e. The van der Waals surface area contributed by atoms with Crippen molar-refractivity contribution in [1.82, 2.24) is 19.9 Å². The Morgan fingerprint density at radius 2 is 0.576 bits per heavy atom.